The maximum Gasteiger partial charge on any atom is 0.266 e. The van der Waals surface area contributed by atoms with Crippen molar-refractivity contribution in [2.45, 2.75) is 19.4 Å². The number of rotatable bonds is 5. The number of carbonyl (C=O) groups is 1. The lowest BCUT2D eigenvalue weighted by atomic mass is 10.1. The molecule has 8 nitrogen and oxygen atoms in total. The average molecular weight is 427 g/mol. The third kappa shape index (κ3) is 4.38. The first-order chi connectivity index (χ1) is 14.4. The number of carbonyl (C=O) groups excluding carboxylic acids is 1. The predicted octanol–water partition coefficient (Wildman–Crippen LogP) is 2.82. The van der Waals surface area contributed by atoms with Crippen LogP contribution < -0.4 is 9.64 Å². The first-order valence-corrected chi connectivity index (χ1v) is 10.1. The van der Waals surface area contributed by atoms with Crippen molar-refractivity contribution in [3.8, 4) is 11.6 Å². The highest BCUT2D eigenvalue weighted by atomic mass is 35.5. The van der Waals surface area contributed by atoms with E-state index in [0.29, 0.717) is 42.8 Å². The highest BCUT2D eigenvalue weighted by Crippen LogP contribution is 2.23. The molecular weight excluding hydrogens is 404 g/mol. The van der Waals surface area contributed by atoms with Crippen molar-refractivity contribution in [2.24, 2.45) is 0 Å². The molecule has 1 saturated heterocycles. The summed E-state index contributed by atoms with van der Waals surface area (Å²) in [5.41, 5.74) is -0.974. The van der Waals surface area contributed by atoms with Crippen LogP contribution in [0.15, 0.2) is 55.1 Å². The number of amides is 1. The summed E-state index contributed by atoms with van der Waals surface area (Å²) in [6.45, 7) is 6.12. The second-order valence-corrected chi connectivity index (χ2v) is 7.97. The van der Waals surface area contributed by atoms with Gasteiger partial charge in [0, 0.05) is 49.7 Å². The highest BCUT2D eigenvalue weighted by Gasteiger charge is 2.36. The Morgan fingerprint density at radius 3 is 2.43 bits per heavy atom. The van der Waals surface area contributed by atoms with Crippen molar-refractivity contribution >= 4 is 23.3 Å². The molecule has 1 aromatic carbocycles. The average Bonchev–Trinajstić information content (AvgIpc) is 3.30. The van der Waals surface area contributed by atoms with Crippen LogP contribution in [0, 0.1) is 0 Å². The lowest BCUT2D eigenvalue weighted by Crippen LogP contribution is -2.56. The zero-order valence-corrected chi connectivity index (χ0v) is 17.7. The Morgan fingerprint density at radius 1 is 1.07 bits per heavy atom. The standard InChI is InChI=1S/C21H23ClN6O2/c1-21(2,30-17-6-4-16(22)5-7-17)20(29)27-12-10-26(11-13-27)18-14-19(24-15-23-18)28-9-3-8-25-28/h3-9,14-15H,10-13H2,1-2H3. The smallest absolute Gasteiger partial charge is 0.266 e. The molecule has 0 bridgehead atoms. The molecule has 0 atom stereocenters. The molecule has 0 unspecified atom stereocenters. The molecule has 0 spiro atoms. The van der Waals surface area contributed by atoms with Gasteiger partial charge in [-0.3, -0.25) is 4.79 Å². The van der Waals surface area contributed by atoms with Gasteiger partial charge in [-0.25, -0.2) is 14.6 Å². The van der Waals surface area contributed by atoms with E-state index in [1.807, 2.05) is 23.2 Å². The Hall–Kier alpha value is -3.13. The number of piperazine rings is 1. The van der Waals surface area contributed by atoms with Gasteiger partial charge in [-0.2, -0.15) is 5.10 Å². The van der Waals surface area contributed by atoms with E-state index >= 15 is 0 Å². The topological polar surface area (TPSA) is 76.4 Å². The normalized spacial score (nSPS) is 14.6. The van der Waals surface area contributed by atoms with Crippen LogP contribution in [-0.2, 0) is 4.79 Å². The fourth-order valence-electron chi connectivity index (χ4n) is 3.40. The molecule has 1 amide bonds. The molecule has 3 heterocycles. The number of aromatic nitrogens is 4. The fraction of sp³-hybridized carbons (Fsp3) is 0.333. The van der Waals surface area contributed by atoms with Crippen molar-refractivity contribution in [1.82, 2.24) is 24.6 Å². The van der Waals surface area contributed by atoms with Gasteiger partial charge in [-0.05, 0) is 44.2 Å². The van der Waals surface area contributed by atoms with Gasteiger partial charge >= 0.3 is 0 Å². The molecule has 0 radical (unpaired) electrons. The summed E-state index contributed by atoms with van der Waals surface area (Å²) in [5.74, 6) is 2.10. The van der Waals surface area contributed by atoms with Gasteiger partial charge in [0.25, 0.3) is 5.91 Å². The largest absolute Gasteiger partial charge is 0.478 e. The van der Waals surface area contributed by atoms with Crippen LogP contribution in [0.2, 0.25) is 5.02 Å². The van der Waals surface area contributed by atoms with Gasteiger partial charge in [0.15, 0.2) is 11.4 Å². The Kier molecular flexibility index (Phi) is 5.59. The van der Waals surface area contributed by atoms with Gasteiger partial charge in [0.05, 0.1) is 0 Å². The van der Waals surface area contributed by atoms with E-state index in [2.05, 4.69) is 20.0 Å². The first-order valence-electron chi connectivity index (χ1n) is 9.73. The second-order valence-electron chi connectivity index (χ2n) is 7.53. The molecule has 1 aliphatic heterocycles. The quantitative estimate of drug-likeness (QED) is 0.624. The van der Waals surface area contributed by atoms with Crippen molar-refractivity contribution in [3.05, 3.63) is 60.1 Å². The number of ether oxygens (including phenoxy) is 1. The molecule has 30 heavy (non-hydrogen) atoms. The summed E-state index contributed by atoms with van der Waals surface area (Å²) in [5, 5.41) is 4.84. The molecule has 0 N–H and O–H groups in total. The SMILES string of the molecule is CC(C)(Oc1ccc(Cl)cc1)C(=O)N1CCN(c2cc(-n3cccn3)ncn2)CC1. The van der Waals surface area contributed by atoms with E-state index in [1.165, 1.54) is 6.33 Å². The number of nitrogens with zero attached hydrogens (tertiary/aromatic N) is 6. The highest BCUT2D eigenvalue weighted by molar-refractivity contribution is 6.30. The van der Waals surface area contributed by atoms with Gasteiger partial charge in [0.2, 0.25) is 0 Å². The van der Waals surface area contributed by atoms with Crippen molar-refractivity contribution in [3.63, 3.8) is 0 Å². The van der Waals surface area contributed by atoms with E-state index < -0.39 is 5.60 Å². The fourth-order valence-corrected chi connectivity index (χ4v) is 3.53. The van der Waals surface area contributed by atoms with Crippen LogP contribution in [0.4, 0.5) is 5.82 Å². The zero-order valence-electron chi connectivity index (χ0n) is 16.9. The number of halogens is 1. The molecule has 4 rings (SSSR count). The van der Waals surface area contributed by atoms with Crippen LogP contribution in [0.25, 0.3) is 5.82 Å². The van der Waals surface area contributed by atoms with Gasteiger partial charge < -0.3 is 14.5 Å². The molecule has 1 aliphatic rings. The Labute approximate surface area is 180 Å². The summed E-state index contributed by atoms with van der Waals surface area (Å²) < 4.78 is 7.64. The monoisotopic (exact) mass is 426 g/mol. The zero-order chi connectivity index (χ0) is 21.1. The summed E-state index contributed by atoms with van der Waals surface area (Å²) >= 11 is 5.92. The van der Waals surface area contributed by atoms with Crippen molar-refractivity contribution in [1.29, 1.82) is 0 Å². The predicted molar refractivity (Wildman–Crippen MR) is 114 cm³/mol. The lowest BCUT2D eigenvalue weighted by molar-refractivity contribution is -0.145. The lowest BCUT2D eigenvalue weighted by Gasteiger charge is -2.39. The Balaban J connectivity index is 1.38. The minimum Gasteiger partial charge on any atom is -0.478 e. The first kappa shape index (κ1) is 20.2. The maximum absolute atomic E-state index is 13.1. The molecule has 0 aliphatic carbocycles. The summed E-state index contributed by atoms with van der Waals surface area (Å²) in [4.78, 5) is 25.7. The van der Waals surface area contributed by atoms with E-state index in [0.717, 1.165) is 5.82 Å². The second kappa shape index (κ2) is 8.31. The third-order valence-electron chi connectivity index (χ3n) is 4.97. The van der Waals surface area contributed by atoms with E-state index in [1.54, 1.807) is 49.0 Å². The molecule has 2 aromatic heterocycles. The number of anilines is 1. The van der Waals surface area contributed by atoms with Gasteiger partial charge in [-0.1, -0.05) is 11.6 Å². The van der Waals surface area contributed by atoms with Crippen molar-refractivity contribution in [2.75, 3.05) is 31.1 Å². The molecule has 3 aromatic rings. The van der Waals surface area contributed by atoms with E-state index in [4.69, 9.17) is 16.3 Å². The molecule has 9 heteroatoms. The van der Waals surface area contributed by atoms with E-state index in [9.17, 15) is 4.79 Å². The molecule has 1 fully saturated rings. The van der Waals surface area contributed by atoms with Crippen LogP contribution in [0.1, 0.15) is 13.8 Å². The van der Waals surface area contributed by atoms with Crippen LogP contribution in [0.3, 0.4) is 0 Å². The Morgan fingerprint density at radius 2 is 1.77 bits per heavy atom. The molecular formula is C21H23ClN6O2. The summed E-state index contributed by atoms with van der Waals surface area (Å²) in [6, 6.07) is 10.8. The molecule has 0 saturated carbocycles. The Bertz CT molecular complexity index is 999. The number of benzene rings is 1. The summed E-state index contributed by atoms with van der Waals surface area (Å²) in [6.07, 6.45) is 5.08. The van der Waals surface area contributed by atoms with Crippen LogP contribution in [0.5, 0.6) is 5.75 Å². The minimum atomic E-state index is -0.974. The minimum absolute atomic E-state index is 0.0444. The number of hydrogen-bond acceptors (Lipinski definition) is 6. The van der Waals surface area contributed by atoms with Gasteiger partial charge in [-0.15, -0.1) is 0 Å². The van der Waals surface area contributed by atoms with Gasteiger partial charge in [0.1, 0.15) is 17.9 Å². The molecule has 156 valence electrons. The van der Waals surface area contributed by atoms with Crippen molar-refractivity contribution < 1.29 is 9.53 Å². The van der Waals surface area contributed by atoms with E-state index in [-0.39, 0.29) is 5.91 Å². The summed E-state index contributed by atoms with van der Waals surface area (Å²) in [7, 11) is 0. The van der Waals surface area contributed by atoms with Crippen LogP contribution >= 0.6 is 11.6 Å². The maximum atomic E-state index is 13.1. The van der Waals surface area contributed by atoms with Crippen LogP contribution in [-0.4, -0.2) is 62.3 Å². The number of hydrogen-bond donors (Lipinski definition) is 0. The third-order valence-corrected chi connectivity index (χ3v) is 5.22.